The molecule has 1 amide bonds. The average molecular weight is 324 g/mol. The van der Waals surface area contributed by atoms with Gasteiger partial charge in [0.05, 0.1) is 13.1 Å². The molecule has 120 valence electrons. The van der Waals surface area contributed by atoms with Crippen LogP contribution in [-0.4, -0.2) is 20.4 Å². The Morgan fingerprint density at radius 1 is 1.04 bits per heavy atom. The van der Waals surface area contributed by atoms with Crippen LogP contribution in [0.25, 0.3) is 0 Å². The summed E-state index contributed by atoms with van der Waals surface area (Å²) in [6, 6.07) is 14.8. The molecule has 0 radical (unpaired) electrons. The molecule has 2 heterocycles. The molecule has 24 heavy (non-hydrogen) atoms. The Morgan fingerprint density at radius 2 is 1.83 bits per heavy atom. The molecule has 0 bridgehead atoms. The highest BCUT2D eigenvalue weighted by Gasteiger charge is 2.33. The number of hydrogen-bond donors (Lipinski definition) is 0. The summed E-state index contributed by atoms with van der Waals surface area (Å²) in [5.74, 6) is -0.01000. The van der Waals surface area contributed by atoms with Crippen molar-refractivity contribution in [3.05, 3.63) is 82.3 Å². The van der Waals surface area contributed by atoms with E-state index in [0.717, 1.165) is 5.69 Å². The van der Waals surface area contributed by atoms with Gasteiger partial charge in [-0.3, -0.25) is 4.90 Å². The summed E-state index contributed by atoms with van der Waals surface area (Å²) in [7, 11) is 0. The monoisotopic (exact) mass is 324 g/mol. The first-order valence-electron chi connectivity index (χ1n) is 7.43. The number of benzene rings is 2. The third-order valence-corrected chi connectivity index (χ3v) is 3.93. The minimum atomic E-state index is -0.518. The summed E-state index contributed by atoms with van der Waals surface area (Å²) < 4.78 is 15.8. The Morgan fingerprint density at radius 3 is 2.58 bits per heavy atom. The zero-order valence-electron chi connectivity index (χ0n) is 12.6. The smallest absolute Gasteiger partial charge is 0.285 e. The van der Waals surface area contributed by atoms with Gasteiger partial charge in [-0.15, -0.1) is 0 Å². The predicted octanol–water partition coefficient (Wildman–Crippen LogP) is 2.22. The van der Waals surface area contributed by atoms with Gasteiger partial charge in [0.15, 0.2) is 5.82 Å². The fourth-order valence-electron chi connectivity index (χ4n) is 2.84. The van der Waals surface area contributed by atoms with Gasteiger partial charge in [-0.25, -0.2) is 18.7 Å². The molecule has 0 saturated carbocycles. The number of hydrogen-bond acceptors (Lipinski definition) is 3. The highest BCUT2D eigenvalue weighted by Crippen LogP contribution is 2.22. The fraction of sp³-hybridized carbons (Fsp3) is 0.118. The molecule has 0 N–H and O–H groups in total. The van der Waals surface area contributed by atoms with Gasteiger partial charge in [-0.1, -0.05) is 30.3 Å². The number of amides is 1. The van der Waals surface area contributed by atoms with Crippen molar-refractivity contribution in [2.45, 2.75) is 13.1 Å². The lowest BCUT2D eigenvalue weighted by atomic mass is 10.2. The second-order valence-corrected chi connectivity index (χ2v) is 5.51. The van der Waals surface area contributed by atoms with Crippen LogP contribution in [0.2, 0.25) is 0 Å². The predicted molar refractivity (Wildman–Crippen MR) is 85.4 cm³/mol. The van der Waals surface area contributed by atoms with Crippen molar-refractivity contribution in [1.82, 2.24) is 14.3 Å². The highest BCUT2D eigenvalue weighted by molar-refractivity contribution is 5.95. The van der Waals surface area contributed by atoms with Crippen molar-refractivity contribution in [2.24, 2.45) is 0 Å². The van der Waals surface area contributed by atoms with Crippen molar-refractivity contribution < 1.29 is 9.18 Å². The van der Waals surface area contributed by atoms with Crippen LogP contribution in [0.4, 0.5) is 14.9 Å². The summed E-state index contributed by atoms with van der Waals surface area (Å²) in [6.45, 7) is 0.312. The summed E-state index contributed by atoms with van der Waals surface area (Å²) >= 11 is 0. The number of carbonyl (C=O) groups excluding carboxylic acids is 1. The van der Waals surface area contributed by atoms with Crippen LogP contribution in [0.5, 0.6) is 0 Å². The standard InChI is InChI=1S/C17H13FN4O2/c18-13-6-4-5-12(9-13)10-21-16(23)19-15-11-20(17(24)22(15)21)14-7-2-1-3-8-14/h1-9H,10-11H2. The van der Waals surface area contributed by atoms with Crippen LogP contribution in [0, 0.1) is 5.82 Å². The van der Waals surface area contributed by atoms with Gasteiger partial charge < -0.3 is 0 Å². The summed E-state index contributed by atoms with van der Waals surface area (Å²) in [5, 5.41) is 0. The van der Waals surface area contributed by atoms with Crippen LogP contribution >= 0.6 is 0 Å². The first kappa shape index (κ1) is 14.4. The van der Waals surface area contributed by atoms with Crippen molar-refractivity contribution in [2.75, 3.05) is 4.90 Å². The van der Waals surface area contributed by atoms with E-state index in [1.165, 1.54) is 21.5 Å². The van der Waals surface area contributed by atoms with E-state index in [0.29, 0.717) is 11.4 Å². The Kier molecular flexibility index (Phi) is 3.26. The number of fused-ring (bicyclic) bond motifs is 1. The molecule has 1 aliphatic heterocycles. The van der Waals surface area contributed by atoms with Gasteiger partial charge in [0.2, 0.25) is 0 Å². The van der Waals surface area contributed by atoms with Crippen LogP contribution in [0.1, 0.15) is 11.4 Å². The fourth-order valence-corrected chi connectivity index (χ4v) is 2.84. The Labute approximate surface area is 136 Å². The van der Waals surface area contributed by atoms with Gasteiger partial charge in [0, 0.05) is 5.69 Å². The molecule has 0 aliphatic carbocycles. The lowest BCUT2D eigenvalue weighted by Gasteiger charge is -2.15. The normalized spacial score (nSPS) is 13.4. The molecule has 0 spiro atoms. The number of aromatic nitrogens is 3. The molecule has 4 rings (SSSR count). The van der Waals surface area contributed by atoms with Gasteiger partial charge >= 0.3 is 11.7 Å². The minimum absolute atomic E-state index is 0.0813. The van der Waals surface area contributed by atoms with E-state index in [1.807, 2.05) is 30.3 Å². The molecule has 0 atom stereocenters. The number of nitrogens with zero attached hydrogens (tertiary/aromatic N) is 4. The van der Waals surface area contributed by atoms with E-state index in [2.05, 4.69) is 4.98 Å². The second-order valence-electron chi connectivity index (χ2n) is 5.51. The zero-order valence-corrected chi connectivity index (χ0v) is 12.6. The van der Waals surface area contributed by atoms with Crippen LogP contribution in [0.15, 0.2) is 59.4 Å². The Hall–Kier alpha value is -3.22. The molecule has 6 nitrogen and oxygen atoms in total. The second kappa shape index (κ2) is 5.45. The summed E-state index contributed by atoms with van der Waals surface area (Å²) in [4.78, 5) is 30.3. The van der Waals surface area contributed by atoms with E-state index >= 15 is 0 Å². The van der Waals surface area contributed by atoms with E-state index in [9.17, 15) is 14.0 Å². The topological polar surface area (TPSA) is 60.1 Å². The minimum Gasteiger partial charge on any atom is -0.285 e. The van der Waals surface area contributed by atoms with Crippen molar-refractivity contribution in [3.63, 3.8) is 0 Å². The van der Waals surface area contributed by atoms with Crippen molar-refractivity contribution in [3.8, 4) is 0 Å². The number of rotatable bonds is 3. The van der Waals surface area contributed by atoms with E-state index in [-0.39, 0.29) is 24.9 Å². The first-order chi connectivity index (χ1) is 11.6. The van der Waals surface area contributed by atoms with E-state index in [4.69, 9.17) is 0 Å². The third kappa shape index (κ3) is 2.30. The number of carbonyl (C=O) groups is 1. The SMILES string of the molecule is O=C1N(c2ccccc2)Cc2nc(=O)n(Cc3cccc(F)c3)n21. The van der Waals surface area contributed by atoms with Gasteiger partial charge in [0.25, 0.3) is 0 Å². The van der Waals surface area contributed by atoms with Crippen molar-refractivity contribution in [1.29, 1.82) is 0 Å². The molecule has 0 saturated heterocycles. The first-order valence-corrected chi connectivity index (χ1v) is 7.43. The molecule has 3 aromatic rings. The molecule has 7 heteroatoms. The zero-order chi connectivity index (χ0) is 16.7. The largest absolute Gasteiger partial charge is 0.364 e. The Bertz CT molecular complexity index is 978. The molecule has 0 unspecified atom stereocenters. The van der Waals surface area contributed by atoms with Gasteiger partial charge in [0.1, 0.15) is 5.82 Å². The van der Waals surface area contributed by atoms with Gasteiger partial charge in [-0.2, -0.15) is 9.67 Å². The lowest BCUT2D eigenvalue weighted by Crippen LogP contribution is -2.34. The summed E-state index contributed by atoms with van der Waals surface area (Å²) in [6.07, 6.45) is 0. The van der Waals surface area contributed by atoms with E-state index in [1.54, 1.807) is 17.0 Å². The maximum atomic E-state index is 13.3. The quantitative estimate of drug-likeness (QED) is 0.742. The van der Waals surface area contributed by atoms with Gasteiger partial charge in [-0.05, 0) is 29.8 Å². The summed E-state index contributed by atoms with van der Waals surface area (Å²) in [5.41, 5.74) is 0.804. The molecule has 2 aromatic carbocycles. The van der Waals surface area contributed by atoms with E-state index < -0.39 is 5.69 Å². The molecular formula is C17H13FN4O2. The number of halogens is 1. The molecule has 0 fully saturated rings. The van der Waals surface area contributed by atoms with Crippen LogP contribution in [-0.2, 0) is 13.1 Å². The third-order valence-electron chi connectivity index (χ3n) is 3.93. The van der Waals surface area contributed by atoms with Crippen LogP contribution < -0.4 is 10.6 Å². The molecule has 1 aromatic heterocycles. The maximum Gasteiger partial charge on any atom is 0.364 e. The van der Waals surface area contributed by atoms with Crippen molar-refractivity contribution >= 4 is 11.7 Å². The molecular weight excluding hydrogens is 311 g/mol. The van der Waals surface area contributed by atoms with Crippen LogP contribution in [0.3, 0.4) is 0 Å². The average Bonchev–Trinajstić information content (AvgIpc) is 3.05. The lowest BCUT2D eigenvalue weighted by molar-refractivity contribution is 0.244. The highest BCUT2D eigenvalue weighted by atomic mass is 19.1. The number of anilines is 1. The Balaban J connectivity index is 1.71. The molecule has 1 aliphatic rings. The number of para-hydroxylation sites is 1. The maximum absolute atomic E-state index is 13.3.